The van der Waals surface area contributed by atoms with Crippen LogP contribution in [-0.4, -0.2) is 25.8 Å². The quantitative estimate of drug-likeness (QED) is 0.614. The summed E-state index contributed by atoms with van der Waals surface area (Å²) in [4.78, 5) is 0. The summed E-state index contributed by atoms with van der Waals surface area (Å²) in [6, 6.07) is 0. The molecule has 1 aliphatic carbocycles. The molecule has 0 bridgehead atoms. The van der Waals surface area contributed by atoms with E-state index in [9.17, 15) is 0 Å². The molecule has 0 aromatic rings. The molecule has 0 heterocycles. The second-order valence-corrected chi connectivity index (χ2v) is 4.45. The van der Waals surface area contributed by atoms with Gasteiger partial charge in [-0.15, -0.1) is 0 Å². The van der Waals surface area contributed by atoms with Crippen LogP contribution >= 0.6 is 0 Å². The highest BCUT2D eigenvalue weighted by Crippen LogP contribution is 2.47. The van der Waals surface area contributed by atoms with Crippen LogP contribution in [0.4, 0.5) is 0 Å². The molecule has 1 saturated carbocycles. The molecule has 1 rings (SSSR count). The smallest absolute Gasteiger partial charge is 0.0594 e. The number of hydrogen-bond acceptors (Lipinski definition) is 2. The molecule has 0 saturated heterocycles. The summed E-state index contributed by atoms with van der Waals surface area (Å²) in [7, 11) is 0. The van der Waals surface area contributed by atoms with E-state index in [0.29, 0.717) is 11.5 Å². The predicted molar refractivity (Wildman–Crippen MR) is 55.9 cm³/mol. The molecule has 0 amide bonds. The first-order valence-electron chi connectivity index (χ1n) is 5.51. The molecule has 0 aliphatic heterocycles. The lowest BCUT2D eigenvalue weighted by atomic mass is 10.0. The Labute approximate surface area is 82.0 Å². The van der Waals surface area contributed by atoms with Gasteiger partial charge in [0.2, 0.25) is 0 Å². The lowest BCUT2D eigenvalue weighted by Gasteiger charge is -2.14. The van der Waals surface area contributed by atoms with Crippen LogP contribution in [0.1, 0.15) is 40.0 Å². The number of nitrogens with one attached hydrogen (secondary N) is 1. The van der Waals surface area contributed by atoms with Gasteiger partial charge in [-0.1, -0.05) is 6.92 Å². The van der Waals surface area contributed by atoms with Gasteiger partial charge in [-0.05, 0) is 38.5 Å². The Balaban J connectivity index is 1.90. The summed E-state index contributed by atoms with van der Waals surface area (Å²) < 4.78 is 5.45. The van der Waals surface area contributed by atoms with Crippen molar-refractivity contribution in [3.8, 4) is 0 Å². The maximum absolute atomic E-state index is 5.45. The van der Waals surface area contributed by atoms with Gasteiger partial charge in [0.15, 0.2) is 0 Å². The summed E-state index contributed by atoms with van der Waals surface area (Å²) in [6.07, 6.45) is 4.52. The Bertz CT molecular complexity index is 141. The minimum absolute atomic E-state index is 0.364. The van der Waals surface area contributed by atoms with E-state index < -0.39 is 0 Å². The standard InChI is InChI=1S/C11H23NO/c1-4-11(5-6-11)9-12-7-8-13-10(2)3/h10,12H,4-9H2,1-3H3. The second kappa shape index (κ2) is 4.97. The summed E-state index contributed by atoms with van der Waals surface area (Å²) >= 11 is 0. The molecule has 2 heteroatoms. The summed E-state index contributed by atoms with van der Waals surface area (Å²) in [6.45, 7) is 9.48. The molecule has 0 aromatic carbocycles. The van der Waals surface area contributed by atoms with E-state index in [1.807, 2.05) is 0 Å². The van der Waals surface area contributed by atoms with E-state index >= 15 is 0 Å². The number of hydrogen-bond donors (Lipinski definition) is 1. The molecule has 2 nitrogen and oxygen atoms in total. The molecule has 0 radical (unpaired) electrons. The first-order chi connectivity index (χ1) is 6.18. The molecular formula is C11H23NO. The van der Waals surface area contributed by atoms with Crippen molar-refractivity contribution in [3.63, 3.8) is 0 Å². The Morgan fingerprint density at radius 3 is 2.54 bits per heavy atom. The topological polar surface area (TPSA) is 21.3 Å². The maximum atomic E-state index is 5.45. The van der Waals surface area contributed by atoms with Gasteiger partial charge in [-0.2, -0.15) is 0 Å². The van der Waals surface area contributed by atoms with Crippen molar-refractivity contribution in [3.05, 3.63) is 0 Å². The van der Waals surface area contributed by atoms with Crippen molar-refractivity contribution in [1.82, 2.24) is 5.32 Å². The highest BCUT2D eigenvalue weighted by atomic mass is 16.5. The van der Waals surface area contributed by atoms with E-state index in [1.165, 1.54) is 25.8 Å². The highest BCUT2D eigenvalue weighted by molar-refractivity contribution is 4.93. The van der Waals surface area contributed by atoms with Gasteiger partial charge in [0.25, 0.3) is 0 Å². The lowest BCUT2D eigenvalue weighted by Crippen LogP contribution is -2.27. The third-order valence-electron chi connectivity index (χ3n) is 2.94. The van der Waals surface area contributed by atoms with Crippen LogP contribution in [0, 0.1) is 5.41 Å². The monoisotopic (exact) mass is 185 g/mol. The Morgan fingerprint density at radius 1 is 1.38 bits per heavy atom. The molecule has 1 fully saturated rings. The van der Waals surface area contributed by atoms with Gasteiger partial charge in [0.1, 0.15) is 0 Å². The van der Waals surface area contributed by atoms with Gasteiger partial charge in [0.05, 0.1) is 12.7 Å². The Morgan fingerprint density at radius 2 is 2.08 bits per heavy atom. The van der Waals surface area contributed by atoms with E-state index in [0.717, 1.165) is 13.2 Å². The third kappa shape index (κ3) is 4.10. The molecular weight excluding hydrogens is 162 g/mol. The normalized spacial score (nSPS) is 19.4. The van der Waals surface area contributed by atoms with E-state index in [-0.39, 0.29) is 0 Å². The first kappa shape index (κ1) is 11.0. The van der Waals surface area contributed by atoms with E-state index in [1.54, 1.807) is 0 Å². The van der Waals surface area contributed by atoms with Crippen LogP contribution in [-0.2, 0) is 4.74 Å². The van der Waals surface area contributed by atoms with Gasteiger partial charge in [0, 0.05) is 13.1 Å². The fourth-order valence-corrected chi connectivity index (χ4v) is 1.55. The molecule has 1 N–H and O–H groups in total. The third-order valence-corrected chi connectivity index (χ3v) is 2.94. The largest absolute Gasteiger partial charge is 0.377 e. The average molecular weight is 185 g/mol. The van der Waals surface area contributed by atoms with Gasteiger partial charge >= 0.3 is 0 Å². The van der Waals surface area contributed by atoms with Crippen LogP contribution in [0.2, 0.25) is 0 Å². The van der Waals surface area contributed by atoms with Gasteiger partial charge < -0.3 is 10.1 Å². The maximum Gasteiger partial charge on any atom is 0.0594 e. The van der Waals surface area contributed by atoms with Crippen molar-refractivity contribution in [1.29, 1.82) is 0 Å². The Hall–Kier alpha value is -0.0800. The molecule has 0 aromatic heterocycles. The van der Waals surface area contributed by atoms with Crippen LogP contribution < -0.4 is 5.32 Å². The SMILES string of the molecule is CCC1(CNCCOC(C)C)CC1. The summed E-state index contributed by atoms with van der Waals surface area (Å²) in [5.41, 5.74) is 0.665. The van der Waals surface area contributed by atoms with Crippen molar-refractivity contribution in [2.24, 2.45) is 5.41 Å². The molecule has 0 spiro atoms. The minimum Gasteiger partial charge on any atom is -0.377 e. The molecule has 78 valence electrons. The Kier molecular flexibility index (Phi) is 4.20. The second-order valence-electron chi connectivity index (χ2n) is 4.45. The molecule has 13 heavy (non-hydrogen) atoms. The zero-order chi connectivity index (χ0) is 9.73. The van der Waals surface area contributed by atoms with Gasteiger partial charge in [-0.25, -0.2) is 0 Å². The molecule has 1 aliphatic rings. The summed E-state index contributed by atoms with van der Waals surface area (Å²) in [5.74, 6) is 0. The minimum atomic E-state index is 0.364. The molecule has 0 unspecified atom stereocenters. The van der Waals surface area contributed by atoms with E-state index in [4.69, 9.17) is 4.74 Å². The van der Waals surface area contributed by atoms with Crippen molar-refractivity contribution in [2.45, 2.75) is 46.1 Å². The molecule has 0 atom stereocenters. The fourth-order valence-electron chi connectivity index (χ4n) is 1.55. The van der Waals surface area contributed by atoms with Gasteiger partial charge in [-0.3, -0.25) is 0 Å². The number of ether oxygens (including phenoxy) is 1. The first-order valence-corrected chi connectivity index (χ1v) is 5.51. The van der Waals surface area contributed by atoms with Crippen molar-refractivity contribution < 1.29 is 4.74 Å². The van der Waals surface area contributed by atoms with Crippen LogP contribution in [0.25, 0.3) is 0 Å². The summed E-state index contributed by atoms with van der Waals surface area (Å²) in [5, 5.41) is 3.47. The van der Waals surface area contributed by atoms with Crippen LogP contribution in [0.5, 0.6) is 0 Å². The van der Waals surface area contributed by atoms with Crippen molar-refractivity contribution in [2.75, 3.05) is 19.7 Å². The number of rotatable bonds is 7. The zero-order valence-corrected chi connectivity index (χ0v) is 9.23. The lowest BCUT2D eigenvalue weighted by molar-refractivity contribution is 0.0801. The fraction of sp³-hybridized carbons (Fsp3) is 1.00. The van der Waals surface area contributed by atoms with Crippen LogP contribution in [0.15, 0.2) is 0 Å². The van der Waals surface area contributed by atoms with E-state index in [2.05, 4.69) is 26.1 Å². The average Bonchev–Trinajstić information content (AvgIpc) is 2.84. The van der Waals surface area contributed by atoms with Crippen molar-refractivity contribution >= 4 is 0 Å². The highest BCUT2D eigenvalue weighted by Gasteiger charge is 2.39. The predicted octanol–water partition coefficient (Wildman–Crippen LogP) is 2.19. The van der Waals surface area contributed by atoms with Crippen LogP contribution in [0.3, 0.4) is 0 Å². The zero-order valence-electron chi connectivity index (χ0n) is 9.23.